The molecule has 0 aromatic carbocycles. The van der Waals surface area contributed by atoms with Crippen LogP contribution in [-0.4, -0.2) is 36.7 Å². The number of likely N-dealkylation sites (tertiary alicyclic amines) is 1. The Balaban J connectivity index is 1.70. The Labute approximate surface area is 85.6 Å². The van der Waals surface area contributed by atoms with Crippen molar-refractivity contribution in [3.8, 4) is 0 Å². The van der Waals surface area contributed by atoms with Gasteiger partial charge in [-0.1, -0.05) is 0 Å². The van der Waals surface area contributed by atoms with Crippen molar-refractivity contribution < 1.29 is 4.39 Å². The molecular formula is C11H21FN2. The molecule has 0 aromatic heterocycles. The summed E-state index contributed by atoms with van der Waals surface area (Å²) in [5.41, 5.74) is 5.85. The first kappa shape index (κ1) is 10.4. The molecule has 0 amide bonds. The molecule has 1 aliphatic heterocycles. The van der Waals surface area contributed by atoms with Crippen LogP contribution in [0.15, 0.2) is 0 Å². The second kappa shape index (κ2) is 4.58. The van der Waals surface area contributed by atoms with E-state index in [-0.39, 0.29) is 0 Å². The second-order valence-electron chi connectivity index (χ2n) is 4.93. The van der Waals surface area contributed by atoms with Gasteiger partial charge in [0.25, 0.3) is 0 Å². The van der Waals surface area contributed by atoms with Crippen LogP contribution in [0, 0.1) is 5.92 Å². The van der Waals surface area contributed by atoms with Crippen molar-refractivity contribution >= 4 is 0 Å². The third-order valence-electron chi connectivity index (χ3n) is 3.62. The van der Waals surface area contributed by atoms with Gasteiger partial charge in [0, 0.05) is 25.7 Å². The summed E-state index contributed by atoms with van der Waals surface area (Å²) in [6.45, 7) is 2.74. The fourth-order valence-corrected chi connectivity index (χ4v) is 2.69. The van der Waals surface area contributed by atoms with Crippen LogP contribution >= 0.6 is 0 Å². The number of hydrogen-bond donors (Lipinski definition) is 1. The van der Waals surface area contributed by atoms with Crippen LogP contribution in [-0.2, 0) is 0 Å². The zero-order valence-electron chi connectivity index (χ0n) is 8.79. The van der Waals surface area contributed by atoms with E-state index in [4.69, 9.17) is 5.73 Å². The lowest BCUT2D eigenvalue weighted by Gasteiger charge is -2.29. The average molecular weight is 200 g/mol. The number of halogens is 1. The fourth-order valence-electron chi connectivity index (χ4n) is 2.69. The van der Waals surface area contributed by atoms with Crippen molar-refractivity contribution in [2.45, 2.75) is 44.3 Å². The Bertz CT molecular complexity index is 178. The molecule has 1 aliphatic carbocycles. The third-order valence-corrected chi connectivity index (χ3v) is 3.62. The van der Waals surface area contributed by atoms with Gasteiger partial charge in [-0.15, -0.1) is 0 Å². The lowest BCUT2D eigenvalue weighted by molar-refractivity contribution is 0.211. The first-order valence-corrected chi connectivity index (χ1v) is 5.86. The van der Waals surface area contributed by atoms with E-state index < -0.39 is 6.17 Å². The summed E-state index contributed by atoms with van der Waals surface area (Å²) in [5.74, 6) is 0.778. The zero-order chi connectivity index (χ0) is 9.97. The molecule has 14 heavy (non-hydrogen) atoms. The minimum absolute atomic E-state index is 0.429. The van der Waals surface area contributed by atoms with E-state index in [2.05, 4.69) is 4.90 Å². The molecule has 1 saturated heterocycles. The van der Waals surface area contributed by atoms with Crippen molar-refractivity contribution in [2.24, 2.45) is 11.7 Å². The molecule has 2 fully saturated rings. The molecule has 2 N–H and O–H groups in total. The van der Waals surface area contributed by atoms with Gasteiger partial charge in [0.2, 0.25) is 0 Å². The van der Waals surface area contributed by atoms with Gasteiger partial charge in [0.15, 0.2) is 0 Å². The summed E-state index contributed by atoms with van der Waals surface area (Å²) in [7, 11) is 0. The Kier molecular flexibility index (Phi) is 3.39. The summed E-state index contributed by atoms with van der Waals surface area (Å²) in [5, 5.41) is 0. The normalized spacial score (nSPS) is 40.3. The highest BCUT2D eigenvalue weighted by Crippen LogP contribution is 2.25. The van der Waals surface area contributed by atoms with Crippen LogP contribution in [0.2, 0.25) is 0 Å². The molecule has 0 aromatic rings. The van der Waals surface area contributed by atoms with E-state index in [1.165, 1.54) is 12.8 Å². The zero-order valence-corrected chi connectivity index (χ0v) is 8.79. The van der Waals surface area contributed by atoms with E-state index in [1.807, 2.05) is 0 Å². The van der Waals surface area contributed by atoms with Crippen molar-refractivity contribution in [3.63, 3.8) is 0 Å². The Hall–Kier alpha value is -0.150. The van der Waals surface area contributed by atoms with Gasteiger partial charge in [0.05, 0.1) is 0 Å². The second-order valence-corrected chi connectivity index (χ2v) is 4.93. The summed E-state index contributed by atoms with van der Waals surface area (Å²) in [6.07, 6.45) is 4.99. The molecule has 0 unspecified atom stereocenters. The quantitative estimate of drug-likeness (QED) is 0.732. The van der Waals surface area contributed by atoms with Gasteiger partial charge in [0.1, 0.15) is 6.17 Å². The van der Waals surface area contributed by atoms with E-state index in [0.29, 0.717) is 12.6 Å². The third kappa shape index (κ3) is 2.67. The van der Waals surface area contributed by atoms with Crippen LogP contribution in [0.5, 0.6) is 0 Å². The standard InChI is InChI=1S/C11H21FN2/c12-10-5-6-14(8-10)7-9-1-3-11(13)4-2-9/h9-11H,1-8,13H2/t9?,10-,11?/m0/s1. The highest BCUT2D eigenvalue weighted by atomic mass is 19.1. The first-order chi connectivity index (χ1) is 6.74. The summed E-state index contributed by atoms with van der Waals surface area (Å²) < 4.78 is 12.9. The van der Waals surface area contributed by atoms with Gasteiger partial charge in [-0.05, 0) is 38.0 Å². The molecule has 2 rings (SSSR count). The van der Waals surface area contributed by atoms with Crippen molar-refractivity contribution in [3.05, 3.63) is 0 Å². The molecule has 1 atom stereocenters. The average Bonchev–Trinajstić information content (AvgIpc) is 2.56. The molecule has 0 radical (unpaired) electrons. The van der Waals surface area contributed by atoms with Crippen molar-refractivity contribution in [1.29, 1.82) is 0 Å². The van der Waals surface area contributed by atoms with E-state index >= 15 is 0 Å². The summed E-state index contributed by atoms with van der Waals surface area (Å²) in [6, 6.07) is 0.429. The maximum Gasteiger partial charge on any atom is 0.114 e. The number of nitrogens with zero attached hydrogens (tertiary/aromatic N) is 1. The van der Waals surface area contributed by atoms with Crippen molar-refractivity contribution in [1.82, 2.24) is 4.90 Å². The number of rotatable bonds is 2. The molecular weight excluding hydrogens is 179 g/mol. The van der Waals surface area contributed by atoms with Crippen LogP contribution in [0.25, 0.3) is 0 Å². The van der Waals surface area contributed by atoms with Crippen molar-refractivity contribution in [2.75, 3.05) is 19.6 Å². The maximum atomic E-state index is 12.9. The molecule has 1 heterocycles. The minimum atomic E-state index is -0.569. The highest BCUT2D eigenvalue weighted by molar-refractivity contribution is 4.80. The molecule has 0 spiro atoms. The van der Waals surface area contributed by atoms with E-state index in [1.54, 1.807) is 0 Å². The SMILES string of the molecule is NC1CCC(CN2CC[C@H](F)C2)CC1. The smallest absolute Gasteiger partial charge is 0.114 e. The van der Waals surface area contributed by atoms with Crippen LogP contribution in [0.3, 0.4) is 0 Å². The molecule has 1 saturated carbocycles. The predicted molar refractivity (Wildman–Crippen MR) is 55.9 cm³/mol. The molecule has 82 valence electrons. The lowest BCUT2D eigenvalue weighted by Crippen LogP contribution is -2.33. The highest BCUT2D eigenvalue weighted by Gasteiger charge is 2.26. The van der Waals surface area contributed by atoms with Crippen LogP contribution in [0.4, 0.5) is 4.39 Å². The molecule has 3 heteroatoms. The lowest BCUT2D eigenvalue weighted by atomic mass is 9.86. The largest absolute Gasteiger partial charge is 0.328 e. The Morgan fingerprint density at radius 1 is 1.14 bits per heavy atom. The first-order valence-electron chi connectivity index (χ1n) is 5.86. The predicted octanol–water partition coefficient (Wildman–Crippen LogP) is 1.55. The van der Waals surface area contributed by atoms with Gasteiger partial charge >= 0.3 is 0 Å². The number of alkyl halides is 1. The Morgan fingerprint density at radius 2 is 1.86 bits per heavy atom. The number of hydrogen-bond acceptors (Lipinski definition) is 2. The topological polar surface area (TPSA) is 29.3 Å². The van der Waals surface area contributed by atoms with Gasteiger partial charge < -0.3 is 10.6 Å². The fraction of sp³-hybridized carbons (Fsp3) is 1.00. The minimum Gasteiger partial charge on any atom is -0.328 e. The van der Waals surface area contributed by atoms with Crippen LogP contribution in [0.1, 0.15) is 32.1 Å². The summed E-state index contributed by atoms with van der Waals surface area (Å²) in [4.78, 5) is 2.28. The molecule has 2 aliphatic rings. The van der Waals surface area contributed by atoms with Gasteiger partial charge in [-0.2, -0.15) is 0 Å². The van der Waals surface area contributed by atoms with Gasteiger partial charge in [-0.25, -0.2) is 4.39 Å². The summed E-state index contributed by atoms with van der Waals surface area (Å²) >= 11 is 0. The Morgan fingerprint density at radius 3 is 2.43 bits per heavy atom. The maximum absolute atomic E-state index is 12.9. The van der Waals surface area contributed by atoms with E-state index in [9.17, 15) is 4.39 Å². The van der Waals surface area contributed by atoms with Crippen LogP contribution < -0.4 is 5.73 Å². The number of nitrogens with two attached hydrogens (primary N) is 1. The molecule has 2 nitrogen and oxygen atoms in total. The van der Waals surface area contributed by atoms with E-state index in [0.717, 1.165) is 38.3 Å². The van der Waals surface area contributed by atoms with Gasteiger partial charge in [-0.3, -0.25) is 0 Å². The monoisotopic (exact) mass is 200 g/mol. The molecule has 0 bridgehead atoms.